The Labute approximate surface area is 152 Å². The highest BCUT2D eigenvalue weighted by molar-refractivity contribution is 6.00. The van der Waals surface area contributed by atoms with Crippen LogP contribution in [-0.2, 0) is 9.53 Å². The van der Waals surface area contributed by atoms with Crippen molar-refractivity contribution >= 4 is 17.6 Å². The maximum atomic E-state index is 13.2. The van der Waals surface area contributed by atoms with Crippen molar-refractivity contribution in [3.63, 3.8) is 0 Å². The van der Waals surface area contributed by atoms with Crippen LogP contribution in [0.5, 0.6) is 0 Å². The lowest BCUT2D eigenvalue weighted by molar-refractivity contribution is -0.140. The molecule has 0 aromatic heterocycles. The molecule has 0 spiro atoms. The summed E-state index contributed by atoms with van der Waals surface area (Å²) >= 11 is 0. The molecule has 4 rings (SSSR count). The van der Waals surface area contributed by atoms with Gasteiger partial charge in [0.15, 0.2) is 0 Å². The number of fused-ring (bicyclic) bond motifs is 1. The zero-order valence-corrected chi connectivity index (χ0v) is 14.6. The highest BCUT2D eigenvalue weighted by atomic mass is 16.5. The first-order valence-corrected chi connectivity index (χ1v) is 9.10. The molecular formula is C18H24N4O4. The molecule has 0 aliphatic carbocycles. The molecule has 1 aromatic carbocycles. The number of para-hydroxylation sites is 1. The molecule has 3 aliphatic rings. The molecule has 1 aromatic rings. The molecule has 8 heteroatoms. The molecule has 3 unspecified atom stereocenters. The van der Waals surface area contributed by atoms with E-state index in [4.69, 9.17) is 4.74 Å². The van der Waals surface area contributed by atoms with E-state index >= 15 is 0 Å². The number of rotatable bonds is 3. The number of hydrogen-bond acceptors (Lipinski definition) is 6. The van der Waals surface area contributed by atoms with Gasteiger partial charge in [-0.15, -0.1) is 0 Å². The molecule has 0 bridgehead atoms. The Kier molecular flexibility index (Phi) is 4.80. The molecule has 26 heavy (non-hydrogen) atoms. The van der Waals surface area contributed by atoms with E-state index in [0.717, 1.165) is 25.2 Å². The normalized spacial score (nSPS) is 28.7. The number of hydrogen-bond donors (Lipinski definition) is 3. The number of hydrazine groups is 1. The molecule has 3 N–H and O–H groups in total. The Morgan fingerprint density at radius 3 is 2.65 bits per heavy atom. The Bertz CT molecular complexity index is 692. The fourth-order valence-corrected chi connectivity index (χ4v) is 4.14. The smallest absolute Gasteiger partial charge is 0.322 e. The predicted octanol–water partition coefficient (Wildman–Crippen LogP) is -0.0851. The van der Waals surface area contributed by atoms with Crippen LogP contribution in [0, 0.1) is 5.92 Å². The molecule has 8 nitrogen and oxygen atoms in total. The maximum absolute atomic E-state index is 13.2. The van der Waals surface area contributed by atoms with Crippen LogP contribution in [0.15, 0.2) is 24.3 Å². The van der Waals surface area contributed by atoms with Gasteiger partial charge in [0, 0.05) is 43.8 Å². The standard InChI is InChI=1S/C18H24N4O4/c23-17(12-3-1-2-4-15(12)21-7-9-26-10-8-21)22-6-5-14-13(11-22)16(18(24)25)20-19-14/h1-4,13-14,16,19-20H,5-11H2,(H,24,25). The van der Waals surface area contributed by atoms with Gasteiger partial charge >= 0.3 is 5.97 Å². The largest absolute Gasteiger partial charge is 0.480 e. The number of morpholine rings is 1. The van der Waals surface area contributed by atoms with Gasteiger partial charge in [0.1, 0.15) is 6.04 Å². The van der Waals surface area contributed by atoms with Gasteiger partial charge in [-0.05, 0) is 18.6 Å². The maximum Gasteiger partial charge on any atom is 0.322 e. The fourth-order valence-electron chi connectivity index (χ4n) is 4.14. The average molecular weight is 360 g/mol. The highest BCUT2D eigenvalue weighted by Crippen LogP contribution is 2.28. The van der Waals surface area contributed by atoms with Crippen LogP contribution in [0.1, 0.15) is 16.8 Å². The SMILES string of the molecule is O=C(O)C1NNC2CCN(C(=O)c3ccccc3N3CCOCC3)CC21. The Hall–Kier alpha value is -2.16. The number of carboxylic acids is 1. The van der Waals surface area contributed by atoms with Crippen molar-refractivity contribution < 1.29 is 19.4 Å². The van der Waals surface area contributed by atoms with Crippen molar-refractivity contribution in [2.45, 2.75) is 18.5 Å². The van der Waals surface area contributed by atoms with Gasteiger partial charge in [0.25, 0.3) is 5.91 Å². The van der Waals surface area contributed by atoms with Crippen molar-refractivity contribution in [1.82, 2.24) is 15.8 Å². The molecule has 3 aliphatic heterocycles. The lowest BCUT2D eigenvalue weighted by Gasteiger charge is -2.36. The summed E-state index contributed by atoms with van der Waals surface area (Å²) in [6.45, 7) is 3.92. The van der Waals surface area contributed by atoms with E-state index in [0.29, 0.717) is 31.9 Å². The van der Waals surface area contributed by atoms with Crippen molar-refractivity contribution in [3.05, 3.63) is 29.8 Å². The molecule has 140 valence electrons. The summed E-state index contributed by atoms with van der Waals surface area (Å²) in [7, 11) is 0. The number of anilines is 1. The van der Waals surface area contributed by atoms with Crippen LogP contribution >= 0.6 is 0 Å². The lowest BCUT2D eigenvalue weighted by atomic mass is 9.88. The highest BCUT2D eigenvalue weighted by Gasteiger charge is 2.44. The average Bonchev–Trinajstić information content (AvgIpc) is 3.11. The van der Waals surface area contributed by atoms with Crippen LogP contribution < -0.4 is 15.8 Å². The minimum absolute atomic E-state index is 0.0263. The molecule has 0 radical (unpaired) electrons. The van der Waals surface area contributed by atoms with Gasteiger partial charge in [-0.1, -0.05) is 12.1 Å². The monoisotopic (exact) mass is 360 g/mol. The topological polar surface area (TPSA) is 94.1 Å². The van der Waals surface area contributed by atoms with Crippen molar-refractivity contribution in [2.24, 2.45) is 5.92 Å². The van der Waals surface area contributed by atoms with Gasteiger partial charge in [-0.3, -0.25) is 15.0 Å². The summed E-state index contributed by atoms with van der Waals surface area (Å²) in [4.78, 5) is 28.6. The molecule has 3 fully saturated rings. The molecule has 1 amide bonds. The van der Waals surface area contributed by atoms with E-state index in [-0.39, 0.29) is 17.9 Å². The van der Waals surface area contributed by atoms with Crippen LogP contribution in [0.25, 0.3) is 0 Å². The summed E-state index contributed by atoms with van der Waals surface area (Å²) in [6, 6.07) is 7.09. The number of amides is 1. The number of benzene rings is 1. The number of ether oxygens (including phenoxy) is 1. The third-order valence-electron chi connectivity index (χ3n) is 5.55. The second-order valence-electron chi connectivity index (χ2n) is 7.03. The summed E-state index contributed by atoms with van der Waals surface area (Å²) in [5, 5.41) is 9.38. The summed E-state index contributed by atoms with van der Waals surface area (Å²) in [6.07, 6.45) is 0.743. The predicted molar refractivity (Wildman–Crippen MR) is 95.0 cm³/mol. The Morgan fingerprint density at radius 2 is 1.88 bits per heavy atom. The van der Waals surface area contributed by atoms with Crippen molar-refractivity contribution in [1.29, 1.82) is 0 Å². The lowest BCUT2D eigenvalue weighted by Crippen LogP contribution is -2.50. The first kappa shape index (κ1) is 17.3. The van der Waals surface area contributed by atoms with Crippen LogP contribution in [0.4, 0.5) is 5.69 Å². The second kappa shape index (κ2) is 7.22. The van der Waals surface area contributed by atoms with E-state index < -0.39 is 12.0 Å². The minimum atomic E-state index is -0.881. The third kappa shape index (κ3) is 3.15. The summed E-state index contributed by atoms with van der Waals surface area (Å²) < 4.78 is 5.41. The van der Waals surface area contributed by atoms with E-state index in [1.54, 1.807) is 4.90 Å². The van der Waals surface area contributed by atoms with E-state index in [1.165, 1.54) is 0 Å². The van der Waals surface area contributed by atoms with Gasteiger partial charge in [0.05, 0.1) is 18.8 Å². The number of carbonyl (C=O) groups is 2. The summed E-state index contributed by atoms with van der Waals surface area (Å²) in [5.74, 6) is -1.03. The molecule has 3 heterocycles. The van der Waals surface area contributed by atoms with E-state index in [1.807, 2.05) is 24.3 Å². The van der Waals surface area contributed by atoms with Crippen LogP contribution in [0.2, 0.25) is 0 Å². The van der Waals surface area contributed by atoms with E-state index in [9.17, 15) is 14.7 Å². The molecular weight excluding hydrogens is 336 g/mol. The number of carboxylic acid groups (broad SMARTS) is 1. The number of carbonyl (C=O) groups excluding carboxylic acids is 1. The number of likely N-dealkylation sites (tertiary alicyclic amines) is 1. The van der Waals surface area contributed by atoms with Gasteiger partial charge in [-0.2, -0.15) is 0 Å². The quantitative estimate of drug-likeness (QED) is 0.694. The minimum Gasteiger partial charge on any atom is -0.480 e. The van der Waals surface area contributed by atoms with Gasteiger partial charge < -0.3 is 19.6 Å². The Morgan fingerprint density at radius 1 is 1.12 bits per heavy atom. The summed E-state index contributed by atoms with van der Waals surface area (Å²) in [5.41, 5.74) is 7.52. The molecule has 3 saturated heterocycles. The van der Waals surface area contributed by atoms with Crippen molar-refractivity contribution in [2.75, 3.05) is 44.3 Å². The van der Waals surface area contributed by atoms with E-state index in [2.05, 4.69) is 15.8 Å². The molecule has 0 saturated carbocycles. The van der Waals surface area contributed by atoms with Gasteiger partial charge in [-0.25, -0.2) is 5.43 Å². The first-order chi connectivity index (χ1) is 12.6. The fraction of sp³-hybridized carbons (Fsp3) is 0.556. The second-order valence-corrected chi connectivity index (χ2v) is 7.03. The number of nitrogens with zero attached hydrogens (tertiary/aromatic N) is 2. The van der Waals surface area contributed by atoms with Gasteiger partial charge in [0.2, 0.25) is 0 Å². The van der Waals surface area contributed by atoms with Crippen LogP contribution in [-0.4, -0.2) is 73.4 Å². The first-order valence-electron chi connectivity index (χ1n) is 9.10. The number of piperidine rings is 1. The zero-order chi connectivity index (χ0) is 18.1. The third-order valence-corrected chi connectivity index (χ3v) is 5.55. The zero-order valence-electron chi connectivity index (χ0n) is 14.6. The number of aliphatic carboxylic acids is 1. The number of nitrogens with one attached hydrogen (secondary N) is 2. The van der Waals surface area contributed by atoms with Crippen molar-refractivity contribution in [3.8, 4) is 0 Å². The van der Waals surface area contributed by atoms with Crippen LogP contribution in [0.3, 0.4) is 0 Å². The Balaban J connectivity index is 1.54. The molecule has 3 atom stereocenters.